The maximum Gasteiger partial charge on any atom is 0.104 e. The number of pyridine rings is 1. The van der Waals surface area contributed by atoms with E-state index < -0.39 is 5.60 Å². The van der Waals surface area contributed by atoms with E-state index in [4.69, 9.17) is 0 Å². The lowest BCUT2D eigenvalue weighted by Gasteiger charge is -2.15. The Morgan fingerprint density at radius 1 is 1.64 bits per heavy atom. The summed E-state index contributed by atoms with van der Waals surface area (Å²) < 4.78 is 0. The summed E-state index contributed by atoms with van der Waals surface area (Å²) in [7, 11) is 0. The van der Waals surface area contributed by atoms with Crippen molar-refractivity contribution in [1.29, 1.82) is 0 Å². The third kappa shape index (κ3) is 0.942. The van der Waals surface area contributed by atoms with Crippen molar-refractivity contribution in [3.63, 3.8) is 0 Å². The van der Waals surface area contributed by atoms with E-state index >= 15 is 0 Å². The number of aryl methyl sites for hydroxylation is 1. The number of hydrogen-bond acceptors (Lipinski definition) is 2. The van der Waals surface area contributed by atoms with E-state index in [1.807, 2.05) is 19.1 Å². The largest absolute Gasteiger partial charge is 0.384 e. The average Bonchev–Trinajstić information content (AvgIpc) is 2.29. The van der Waals surface area contributed by atoms with Gasteiger partial charge < -0.3 is 5.11 Å². The van der Waals surface area contributed by atoms with E-state index in [0.717, 1.165) is 18.5 Å². The molecule has 0 saturated carbocycles. The van der Waals surface area contributed by atoms with Gasteiger partial charge in [0.1, 0.15) is 5.60 Å². The minimum atomic E-state index is -0.684. The molecule has 1 heterocycles. The molecule has 58 valence electrons. The van der Waals surface area contributed by atoms with Crippen LogP contribution in [0.4, 0.5) is 0 Å². The molecule has 0 fully saturated rings. The van der Waals surface area contributed by atoms with Gasteiger partial charge in [-0.3, -0.25) is 4.98 Å². The van der Waals surface area contributed by atoms with Crippen molar-refractivity contribution < 1.29 is 5.11 Å². The molecule has 1 N–H and O–H groups in total. The quantitative estimate of drug-likeness (QED) is 0.602. The molecule has 0 saturated heterocycles. The number of fused-ring (bicyclic) bond motifs is 1. The molecular formula is C9H11NO. The highest BCUT2D eigenvalue weighted by Gasteiger charge is 2.32. The fourth-order valence-corrected chi connectivity index (χ4v) is 1.62. The second kappa shape index (κ2) is 2.05. The van der Waals surface area contributed by atoms with Crippen molar-refractivity contribution in [1.82, 2.24) is 4.98 Å². The van der Waals surface area contributed by atoms with Gasteiger partial charge in [-0.05, 0) is 31.4 Å². The molecule has 1 aromatic rings. The first-order chi connectivity index (χ1) is 5.20. The lowest BCUT2D eigenvalue weighted by atomic mass is 10.0. The Labute approximate surface area is 65.9 Å². The van der Waals surface area contributed by atoms with Crippen LogP contribution in [0.2, 0.25) is 0 Å². The Bertz CT molecular complexity index is 281. The number of aromatic nitrogens is 1. The topological polar surface area (TPSA) is 33.1 Å². The highest BCUT2D eigenvalue weighted by Crippen LogP contribution is 2.33. The zero-order valence-electron chi connectivity index (χ0n) is 6.54. The van der Waals surface area contributed by atoms with Gasteiger partial charge in [0.25, 0.3) is 0 Å². The van der Waals surface area contributed by atoms with Gasteiger partial charge in [0, 0.05) is 6.20 Å². The normalized spacial score (nSPS) is 28.5. The van der Waals surface area contributed by atoms with Crippen molar-refractivity contribution in [3.8, 4) is 0 Å². The Morgan fingerprint density at radius 2 is 2.45 bits per heavy atom. The van der Waals surface area contributed by atoms with E-state index in [2.05, 4.69) is 4.98 Å². The van der Waals surface area contributed by atoms with Crippen LogP contribution >= 0.6 is 0 Å². The zero-order valence-corrected chi connectivity index (χ0v) is 6.54. The number of aliphatic hydroxyl groups is 1. The van der Waals surface area contributed by atoms with E-state index in [0.29, 0.717) is 0 Å². The molecular weight excluding hydrogens is 138 g/mol. The minimum absolute atomic E-state index is 0.684. The van der Waals surface area contributed by atoms with Crippen LogP contribution in [0, 0.1) is 0 Å². The molecule has 2 heteroatoms. The number of nitrogens with zero attached hydrogens (tertiary/aromatic N) is 1. The minimum Gasteiger partial charge on any atom is -0.384 e. The smallest absolute Gasteiger partial charge is 0.104 e. The van der Waals surface area contributed by atoms with Gasteiger partial charge in [-0.1, -0.05) is 6.07 Å². The Kier molecular flexibility index (Phi) is 1.26. The molecule has 0 bridgehead atoms. The molecule has 0 aliphatic heterocycles. The van der Waals surface area contributed by atoms with Crippen LogP contribution in [-0.4, -0.2) is 10.1 Å². The SMILES string of the molecule is C[C@@]1(O)CCc2cccnc21. The number of hydrogen-bond donors (Lipinski definition) is 1. The summed E-state index contributed by atoms with van der Waals surface area (Å²) in [5.41, 5.74) is 1.37. The molecule has 1 aliphatic rings. The van der Waals surface area contributed by atoms with E-state index in [1.54, 1.807) is 6.20 Å². The molecule has 2 rings (SSSR count). The van der Waals surface area contributed by atoms with Crippen LogP contribution in [0.3, 0.4) is 0 Å². The molecule has 0 unspecified atom stereocenters. The summed E-state index contributed by atoms with van der Waals surface area (Å²) in [6.45, 7) is 1.83. The van der Waals surface area contributed by atoms with Gasteiger partial charge in [-0.15, -0.1) is 0 Å². The summed E-state index contributed by atoms with van der Waals surface area (Å²) in [5, 5.41) is 9.78. The average molecular weight is 149 g/mol. The van der Waals surface area contributed by atoms with E-state index in [9.17, 15) is 5.11 Å². The Balaban J connectivity index is 2.56. The second-order valence-electron chi connectivity index (χ2n) is 3.28. The summed E-state index contributed by atoms with van der Waals surface area (Å²) in [5.74, 6) is 0. The van der Waals surface area contributed by atoms with Crippen LogP contribution in [0.1, 0.15) is 24.6 Å². The maximum absolute atomic E-state index is 9.78. The van der Waals surface area contributed by atoms with E-state index in [1.165, 1.54) is 5.56 Å². The predicted molar refractivity (Wildman–Crippen MR) is 42.1 cm³/mol. The molecule has 0 amide bonds. The first-order valence-corrected chi connectivity index (χ1v) is 3.87. The fraction of sp³-hybridized carbons (Fsp3) is 0.444. The van der Waals surface area contributed by atoms with Crippen molar-refractivity contribution in [2.24, 2.45) is 0 Å². The lowest BCUT2D eigenvalue weighted by molar-refractivity contribution is 0.0553. The lowest BCUT2D eigenvalue weighted by Crippen LogP contribution is -2.17. The van der Waals surface area contributed by atoms with Gasteiger partial charge in [0.15, 0.2) is 0 Å². The summed E-state index contributed by atoms with van der Waals surface area (Å²) in [4.78, 5) is 4.16. The summed E-state index contributed by atoms with van der Waals surface area (Å²) in [6.07, 6.45) is 3.49. The van der Waals surface area contributed by atoms with Crippen LogP contribution in [-0.2, 0) is 12.0 Å². The molecule has 1 aromatic heterocycles. The first kappa shape index (κ1) is 6.80. The Hall–Kier alpha value is -0.890. The van der Waals surface area contributed by atoms with Crippen molar-refractivity contribution >= 4 is 0 Å². The van der Waals surface area contributed by atoms with E-state index in [-0.39, 0.29) is 0 Å². The van der Waals surface area contributed by atoms with Gasteiger partial charge in [0.05, 0.1) is 5.69 Å². The molecule has 1 aliphatic carbocycles. The first-order valence-electron chi connectivity index (χ1n) is 3.87. The highest BCUT2D eigenvalue weighted by molar-refractivity contribution is 5.29. The monoisotopic (exact) mass is 149 g/mol. The third-order valence-corrected chi connectivity index (χ3v) is 2.28. The zero-order chi connectivity index (χ0) is 7.90. The van der Waals surface area contributed by atoms with Crippen molar-refractivity contribution in [3.05, 3.63) is 29.6 Å². The molecule has 0 aromatic carbocycles. The van der Waals surface area contributed by atoms with Crippen LogP contribution in [0.15, 0.2) is 18.3 Å². The molecule has 0 spiro atoms. The van der Waals surface area contributed by atoms with Gasteiger partial charge in [-0.25, -0.2) is 0 Å². The van der Waals surface area contributed by atoms with Crippen LogP contribution in [0.25, 0.3) is 0 Å². The predicted octanol–water partition coefficient (Wildman–Crippen LogP) is 1.24. The van der Waals surface area contributed by atoms with Crippen molar-refractivity contribution in [2.45, 2.75) is 25.4 Å². The molecule has 2 nitrogen and oxygen atoms in total. The molecule has 1 atom stereocenters. The second-order valence-corrected chi connectivity index (χ2v) is 3.28. The number of rotatable bonds is 0. The fourth-order valence-electron chi connectivity index (χ4n) is 1.62. The van der Waals surface area contributed by atoms with Crippen molar-refractivity contribution in [2.75, 3.05) is 0 Å². The Morgan fingerprint density at radius 3 is 3.18 bits per heavy atom. The van der Waals surface area contributed by atoms with Crippen LogP contribution in [0.5, 0.6) is 0 Å². The standard InChI is InChI=1S/C9H11NO/c1-9(11)5-4-7-3-2-6-10-8(7)9/h2-3,6,11H,4-5H2,1H3/t9-/m1/s1. The third-order valence-electron chi connectivity index (χ3n) is 2.28. The summed E-state index contributed by atoms with van der Waals surface area (Å²) >= 11 is 0. The van der Waals surface area contributed by atoms with Gasteiger partial charge in [-0.2, -0.15) is 0 Å². The highest BCUT2D eigenvalue weighted by atomic mass is 16.3. The maximum atomic E-state index is 9.78. The van der Waals surface area contributed by atoms with Gasteiger partial charge in [0.2, 0.25) is 0 Å². The molecule has 11 heavy (non-hydrogen) atoms. The van der Waals surface area contributed by atoms with Gasteiger partial charge >= 0.3 is 0 Å². The summed E-state index contributed by atoms with van der Waals surface area (Å²) in [6, 6.07) is 3.95. The molecule has 0 radical (unpaired) electrons. The van der Waals surface area contributed by atoms with Crippen LogP contribution < -0.4 is 0 Å².